The van der Waals surface area contributed by atoms with Crippen LogP contribution in [0.2, 0.25) is 0 Å². The molecule has 0 saturated heterocycles. The molecule has 6 aromatic rings. The number of hydrogen-bond donors (Lipinski definition) is 3. The predicted octanol–water partition coefficient (Wildman–Crippen LogP) is 5.95. The number of pyridine rings is 2. The Morgan fingerprint density at radius 2 is 1.92 bits per heavy atom. The number of H-pyrrole nitrogens is 2. The minimum atomic E-state index is -0.589. The average Bonchev–Trinajstić information content (AvgIpc) is 3.63. The Bertz CT molecular complexity index is 1780. The molecule has 3 N–H and O–H groups in total. The number of carbonyl (C=O) groups excluding carboxylic acids is 1. The number of hydrogen-bond acceptors (Lipinski definition) is 6. The summed E-state index contributed by atoms with van der Waals surface area (Å²) >= 11 is 0. The Labute approximate surface area is 210 Å². The lowest BCUT2D eigenvalue weighted by atomic mass is 9.95. The van der Waals surface area contributed by atoms with Gasteiger partial charge in [-0.15, -0.1) is 0 Å². The van der Waals surface area contributed by atoms with E-state index in [2.05, 4.69) is 30.5 Å². The van der Waals surface area contributed by atoms with Gasteiger partial charge in [0.15, 0.2) is 11.6 Å². The van der Waals surface area contributed by atoms with Crippen molar-refractivity contribution in [3.63, 3.8) is 0 Å². The smallest absolute Gasteiger partial charge is 0.229 e. The lowest BCUT2D eigenvalue weighted by Crippen LogP contribution is -2.27. The van der Waals surface area contributed by atoms with Gasteiger partial charge in [-0.25, -0.2) is 9.37 Å². The Morgan fingerprint density at radius 1 is 1.05 bits per heavy atom. The molecule has 0 fully saturated rings. The molecule has 0 aliphatic heterocycles. The van der Waals surface area contributed by atoms with E-state index in [0.29, 0.717) is 28.3 Å². The summed E-state index contributed by atoms with van der Waals surface area (Å²) < 4.78 is 21.2. The zero-order valence-electron chi connectivity index (χ0n) is 20.3. The molecule has 0 saturated carbocycles. The van der Waals surface area contributed by atoms with Gasteiger partial charge in [-0.05, 0) is 18.2 Å². The number of amides is 1. The second-order valence-electron chi connectivity index (χ2n) is 9.75. The average molecular weight is 496 g/mol. The van der Waals surface area contributed by atoms with E-state index in [9.17, 15) is 4.79 Å². The van der Waals surface area contributed by atoms with Gasteiger partial charge >= 0.3 is 0 Å². The number of anilines is 1. The predicted molar refractivity (Wildman–Crippen MR) is 138 cm³/mol. The van der Waals surface area contributed by atoms with Crippen molar-refractivity contribution in [3.8, 4) is 33.9 Å². The highest BCUT2D eigenvalue weighted by atomic mass is 19.1. The molecule has 0 radical (unpaired) electrons. The van der Waals surface area contributed by atoms with Crippen molar-refractivity contribution < 1.29 is 13.6 Å². The van der Waals surface area contributed by atoms with Gasteiger partial charge in [0.2, 0.25) is 5.91 Å². The quantitative estimate of drug-likeness (QED) is 0.278. The minimum Gasteiger partial charge on any atom is -0.472 e. The molecule has 5 aromatic heterocycles. The highest BCUT2D eigenvalue weighted by molar-refractivity contribution is 5.98. The number of furan rings is 1. The summed E-state index contributed by atoms with van der Waals surface area (Å²) in [5.74, 6) is -0.331. The molecule has 0 unspecified atom stereocenters. The van der Waals surface area contributed by atoms with Crippen molar-refractivity contribution in [3.05, 3.63) is 67.3 Å². The Morgan fingerprint density at radius 3 is 2.70 bits per heavy atom. The van der Waals surface area contributed by atoms with Crippen LogP contribution in [0.25, 0.3) is 55.8 Å². The molecule has 6 rings (SSSR count). The van der Waals surface area contributed by atoms with Crippen molar-refractivity contribution >= 4 is 33.5 Å². The first-order chi connectivity index (χ1) is 17.8. The van der Waals surface area contributed by atoms with Gasteiger partial charge in [0.1, 0.15) is 11.4 Å². The molecule has 5 heterocycles. The summed E-state index contributed by atoms with van der Waals surface area (Å²) in [6, 6.07) is 9.26. The fourth-order valence-electron chi connectivity index (χ4n) is 4.10. The number of fused-ring (bicyclic) bond motifs is 2. The topological polar surface area (TPSA) is 125 Å². The fraction of sp³-hybridized carbons (Fsp3) is 0.148. The zero-order valence-corrected chi connectivity index (χ0v) is 20.3. The first-order valence-corrected chi connectivity index (χ1v) is 11.6. The number of benzene rings is 1. The van der Waals surface area contributed by atoms with Crippen LogP contribution in [0, 0.1) is 11.2 Å². The van der Waals surface area contributed by atoms with E-state index >= 15 is 4.39 Å². The van der Waals surface area contributed by atoms with Crippen molar-refractivity contribution in [1.82, 2.24) is 30.1 Å². The van der Waals surface area contributed by atoms with Crippen LogP contribution in [-0.2, 0) is 4.79 Å². The largest absolute Gasteiger partial charge is 0.472 e. The van der Waals surface area contributed by atoms with Crippen LogP contribution in [0.4, 0.5) is 10.1 Å². The van der Waals surface area contributed by atoms with Crippen LogP contribution in [-0.4, -0.2) is 36.0 Å². The SMILES string of the molecule is CC(C)(C)C(=O)Nc1cncc(-c2ncc3[nH]nc(-c4nc5c(-c6ccoc6)cccc5[nH]4)c3c2F)c1. The maximum Gasteiger partial charge on any atom is 0.229 e. The maximum absolute atomic E-state index is 16.0. The van der Waals surface area contributed by atoms with Gasteiger partial charge < -0.3 is 14.7 Å². The molecular weight excluding hydrogens is 473 g/mol. The van der Waals surface area contributed by atoms with Gasteiger partial charge in [-0.2, -0.15) is 5.10 Å². The third-order valence-electron chi connectivity index (χ3n) is 6.06. The Hall–Kier alpha value is -4.86. The summed E-state index contributed by atoms with van der Waals surface area (Å²) in [6.07, 6.45) is 7.78. The first kappa shape index (κ1) is 22.6. The van der Waals surface area contributed by atoms with Gasteiger partial charge in [0.05, 0.1) is 52.5 Å². The molecule has 184 valence electrons. The van der Waals surface area contributed by atoms with Gasteiger partial charge in [0, 0.05) is 28.3 Å². The summed E-state index contributed by atoms with van der Waals surface area (Å²) in [5.41, 5.74) is 4.41. The fourth-order valence-corrected chi connectivity index (χ4v) is 4.10. The van der Waals surface area contributed by atoms with E-state index in [-0.39, 0.29) is 17.0 Å². The second kappa shape index (κ2) is 8.37. The molecule has 0 spiro atoms. The van der Waals surface area contributed by atoms with Gasteiger partial charge in [-0.1, -0.05) is 32.9 Å². The number of nitrogens with one attached hydrogen (secondary N) is 3. The first-order valence-electron chi connectivity index (χ1n) is 11.6. The number of nitrogens with zero attached hydrogens (tertiary/aromatic N) is 4. The standard InChI is InChI=1S/C27H22FN7O2/c1-27(2,3)26(36)31-16-9-15(10-29-11-16)22-21(28)20-19(12-30-22)34-35-24(20)25-32-18-6-4-5-17(23(18)33-25)14-7-8-37-13-14/h4-13H,1-3H3,(H,31,36)(H,32,33)(H,34,35). The van der Waals surface area contributed by atoms with E-state index in [0.717, 1.165) is 22.2 Å². The third-order valence-corrected chi connectivity index (χ3v) is 6.06. The van der Waals surface area contributed by atoms with Gasteiger partial charge in [0.25, 0.3) is 0 Å². The Kier molecular flexibility index (Phi) is 5.11. The van der Waals surface area contributed by atoms with Gasteiger partial charge in [-0.3, -0.25) is 19.9 Å². The molecule has 0 aliphatic carbocycles. The lowest BCUT2D eigenvalue weighted by molar-refractivity contribution is -0.123. The molecule has 0 atom stereocenters. The minimum absolute atomic E-state index is 0.0877. The number of imidazole rings is 1. The maximum atomic E-state index is 16.0. The van der Waals surface area contributed by atoms with Crippen molar-refractivity contribution in [1.29, 1.82) is 0 Å². The van der Waals surface area contributed by atoms with Crippen LogP contribution in [0.1, 0.15) is 20.8 Å². The monoisotopic (exact) mass is 495 g/mol. The van der Waals surface area contributed by atoms with Crippen molar-refractivity contribution in [2.45, 2.75) is 20.8 Å². The number of rotatable bonds is 4. The molecule has 1 amide bonds. The molecule has 10 heteroatoms. The molecular formula is C27H22FN7O2. The number of para-hydroxylation sites is 1. The van der Waals surface area contributed by atoms with E-state index in [1.807, 2.05) is 45.0 Å². The summed E-state index contributed by atoms with van der Waals surface area (Å²) in [5, 5.41) is 10.3. The van der Waals surface area contributed by atoms with Crippen LogP contribution in [0.3, 0.4) is 0 Å². The second-order valence-corrected chi connectivity index (χ2v) is 9.75. The molecule has 1 aromatic carbocycles. The Balaban J connectivity index is 1.44. The summed E-state index contributed by atoms with van der Waals surface area (Å²) in [7, 11) is 0. The molecule has 0 bridgehead atoms. The van der Waals surface area contributed by atoms with Crippen LogP contribution >= 0.6 is 0 Å². The molecule has 0 aliphatic rings. The highest BCUT2D eigenvalue weighted by Gasteiger charge is 2.23. The van der Waals surface area contributed by atoms with Crippen LogP contribution < -0.4 is 5.32 Å². The highest BCUT2D eigenvalue weighted by Crippen LogP contribution is 2.35. The molecule has 37 heavy (non-hydrogen) atoms. The third kappa shape index (κ3) is 3.92. The molecule has 9 nitrogen and oxygen atoms in total. The van der Waals surface area contributed by atoms with Crippen LogP contribution in [0.15, 0.2) is 65.9 Å². The number of aromatic amines is 2. The number of aromatic nitrogens is 6. The van der Waals surface area contributed by atoms with E-state index in [1.165, 1.54) is 18.6 Å². The number of carbonyl (C=O) groups is 1. The van der Waals surface area contributed by atoms with E-state index in [4.69, 9.17) is 9.40 Å². The summed E-state index contributed by atoms with van der Waals surface area (Å²) in [4.78, 5) is 28.9. The van der Waals surface area contributed by atoms with E-state index in [1.54, 1.807) is 18.6 Å². The normalized spacial score (nSPS) is 11.9. The van der Waals surface area contributed by atoms with Crippen molar-refractivity contribution in [2.24, 2.45) is 5.41 Å². The van der Waals surface area contributed by atoms with Crippen LogP contribution in [0.5, 0.6) is 0 Å². The zero-order chi connectivity index (χ0) is 25.7. The number of halogens is 1. The summed E-state index contributed by atoms with van der Waals surface area (Å²) in [6.45, 7) is 5.43. The van der Waals surface area contributed by atoms with E-state index < -0.39 is 11.2 Å². The van der Waals surface area contributed by atoms with Crippen molar-refractivity contribution in [2.75, 3.05) is 5.32 Å². The lowest BCUT2D eigenvalue weighted by Gasteiger charge is -2.17.